The number of amides is 1. The van der Waals surface area contributed by atoms with E-state index in [-0.39, 0.29) is 5.91 Å². The fourth-order valence-corrected chi connectivity index (χ4v) is 4.44. The number of nitrogens with zero attached hydrogens (tertiary/aromatic N) is 4. The van der Waals surface area contributed by atoms with Crippen LogP contribution in [0.2, 0.25) is 0 Å². The summed E-state index contributed by atoms with van der Waals surface area (Å²) in [7, 11) is 0. The zero-order chi connectivity index (χ0) is 20.1. The van der Waals surface area contributed by atoms with E-state index in [1.54, 1.807) is 6.33 Å². The van der Waals surface area contributed by atoms with Crippen LogP contribution in [0.4, 0.5) is 0 Å². The van der Waals surface area contributed by atoms with Crippen LogP contribution in [0.5, 0.6) is 5.75 Å². The summed E-state index contributed by atoms with van der Waals surface area (Å²) >= 11 is 0. The van der Waals surface area contributed by atoms with Crippen molar-refractivity contribution in [2.24, 2.45) is 0 Å². The van der Waals surface area contributed by atoms with Gasteiger partial charge in [-0.15, -0.1) is 10.2 Å². The first-order chi connectivity index (χ1) is 14.8. The van der Waals surface area contributed by atoms with Crippen LogP contribution in [-0.2, 0) is 19.5 Å². The fourth-order valence-electron chi connectivity index (χ4n) is 4.44. The molecule has 1 amide bonds. The Morgan fingerprint density at radius 2 is 2.00 bits per heavy atom. The third-order valence-electron chi connectivity index (χ3n) is 6.05. The summed E-state index contributed by atoms with van der Waals surface area (Å²) in [5.41, 5.74) is 4.32. The number of rotatable bonds is 2. The largest absolute Gasteiger partial charge is 0.493 e. The summed E-state index contributed by atoms with van der Waals surface area (Å²) < 4.78 is 7.64. The summed E-state index contributed by atoms with van der Waals surface area (Å²) in [5.74, 6) is 1.86. The molecule has 1 aromatic heterocycles. The zero-order valence-electron chi connectivity index (χ0n) is 16.4. The van der Waals surface area contributed by atoms with Crippen molar-refractivity contribution < 1.29 is 9.53 Å². The number of benzene rings is 3. The zero-order valence-corrected chi connectivity index (χ0v) is 16.4. The maximum Gasteiger partial charge on any atom is 0.254 e. The lowest BCUT2D eigenvalue weighted by atomic mass is 9.95. The van der Waals surface area contributed by atoms with Crippen molar-refractivity contribution in [2.75, 3.05) is 13.2 Å². The van der Waals surface area contributed by atoms with Gasteiger partial charge in [0, 0.05) is 25.1 Å². The van der Waals surface area contributed by atoms with Gasteiger partial charge in [-0.1, -0.05) is 30.3 Å². The van der Waals surface area contributed by atoms with Gasteiger partial charge in [0.1, 0.15) is 12.1 Å². The average Bonchev–Trinajstić information content (AvgIpc) is 3.45. The van der Waals surface area contributed by atoms with Crippen LogP contribution in [0, 0.1) is 0 Å². The van der Waals surface area contributed by atoms with Crippen LogP contribution in [-0.4, -0.2) is 38.7 Å². The van der Waals surface area contributed by atoms with E-state index in [2.05, 4.69) is 52.7 Å². The molecule has 0 N–H and O–H groups in total. The summed E-state index contributed by atoms with van der Waals surface area (Å²) in [4.78, 5) is 15.0. The topological polar surface area (TPSA) is 60.2 Å². The summed E-state index contributed by atoms with van der Waals surface area (Å²) in [6.45, 7) is 2.65. The maximum absolute atomic E-state index is 13.1. The lowest BCUT2D eigenvalue weighted by molar-refractivity contribution is 0.0707. The van der Waals surface area contributed by atoms with Gasteiger partial charge in [0.25, 0.3) is 5.91 Å². The van der Waals surface area contributed by atoms with Crippen molar-refractivity contribution >= 4 is 16.7 Å². The highest BCUT2D eigenvalue weighted by Gasteiger charge is 2.23. The van der Waals surface area contributed by atoms with E-state index >= 15 is 0 Å². The lowest BCUT2D eigenvalue weighted by Gasteiger charge is -2.27. The minimum atomic E-state index is 0.0335. The number of hydrogen-bond donors (Lipinski definition) is 0. The molecule has 148 valence electrons. The van der Waals surface area contributed by atoms with Gasteiger partial charge >= 0.3 is 0 Å². The Morgan fingerprint density at radius 1 is 1.03 bits per heavy atom. The van der Waals surface area contributed by atoms with Gasteiger partial charge in [-0.25, -0.2) is 0 Å². The Bertz CT molecular complexity index is 1290. The van der Waals surface area contributed by atoms with Gasteiger partial charge < -0.3 is 14.2 Å². The molecule has 0 saturated carbocycles. The van der Waals surface area contributed by atoms with Crippen molar-refractivity contribution in [1.29, 1.82) is 0 Å². The molecule has 0 saturated heterocycles. The van der Waals surface area contributed by atoms with Crippen LogP contribution < -0.4 is 4.74 Å². The number of fused-ring (bicyclic) bond motifs is 3. The van der Waals surface area contributed by atoms with Gasteiger partial charge in [0.15, 0.2) is 5.82 Å². The van der Waals surface area contributed by atoms with Gasteiger partial charge in [0.2, 0.25) is 0 Å². The Hall–Kier alpha value is -3.67. The predicted octanol–water partition coefficient (Wildman–Crippen LogP) is 3.69. The molecule has 3 aromatic carbocycles. The molecule has 3 heterocycles. The molecular weight excluding hydrogens is 376 g/mol. The molecule has 0 aliphatic carbocycles. The Labute approximate surface area is 173 Å². The van der Waals surface area contributed by atoms with Gasteiger partial charge in [0.05, 0.1) is 13.2 Å². The second-order valence-electron chi connectivity index (χ2n) is 7.83. The van der Waals surface area contributed by atoms with E-state index in [1.165, 1.54) is 16.7 Å². The molecule has 30 heavy (non-hydrogen) atoms. The third kappa shape index (κ3) is 2.76. The molecule has 6 rings (SSSR count). The normalized spacial score (nSPS) is 15.0. The van der Waals surface area contributed by atoms with Crippen molar-refractivity contribution in [3.63, 3.8) is 0 Å². The van der Waals surface area contributed by atoms with Crippen LogP contribution in [0.1, 0.15) is 21.7 Å². The van der Waals surface area contributed by atoms with Crippen molar-refractivity contribution in [1.82, 2.24) is 19.7 Å². The average molecular weight is 396 g/mol. The Kier molecular flexibility index (Phi) is 3.84. The predicted molar refractivity (Wildman–Crippen MR) is 113 cm³/mol. The van der Waals surface area contributed by atoms with Crippen LogP contribution in [0.3, 0.4) is 0 Å². The summed E-state index contributed by atoms with van der Waals surface area (Å²) in [5, 5.41) is 10.3. The molecule has 6 nitrogen and oxygen atoms in total. The van der Waals surface area contributed by atoms with E-state index < -0.39 is 0 Å². The van der Waals surface area contributed by atoms with E-state index in [1.807, 2.05) is 21.6 Å². The molecule has 4 aromatic rings. The van der Waals surface area contributed by atoms with Crippen LogP contribution in [0.25, 0.3) is 21.9 Å². The number of ether oxygens (including phenoxy) is 1. The van der Waals surface area contributed by atoms with E-state index in [4.69, 9.17) is 4.74 Å². The minimum absolute atomic E-state index is 0.0335. The molecule has 0 radical (unpaired) electrons. The first kappa shape index (κ1) is 17.2. The molecule has 0 atom stereocenters. The second-order valence-corrected chi connectivity index (χ2v) is 7.83. The third-order valence-corrected chi connectivity index (χ3v) is 6.05. The highest BCUT2D eigenvalue weighted by Crippen LogP contribution is 2.34. The molecule has 0 spiro atoms. The summed E-state index contributed by atoms with van der Waals surface area (Å²) in [6.07, 6.45) is 2.68. The molecular formula is C24H20N4O2. The Morgan fingerprint density at radius 3 is 2.97 bits per heavy atom. The smallest absolute Gasteiger partial charge is 0.254 e. The molecule has 2 aliphatic heterocycles. The second kappa shape index (κ2) is 6.69. The molecule has 0 bridgehead atoms. The summed E-state index contributed by atoms with van der Waals surface area (Å²) in [6, 6.07) is 18.7. The SMILES string of the molecule is O=C(c1ccc2c(-c3ccc4c(c3)CCO4)cccc2c1)N1CCn2cnnc2C1. The molecule has 2 aliphatic rings. The molecule has 6 heteroatoms. The highest BCUT2D eigenvalue weighted by atomic mass is 16.5. The monoisotopic (exact) mass is 396 g/mol. The standard InChI is InChI=1S/C24H20N4O2/c29-24(27-9-10-28-15-25-26-23(28)14-27)19-4-6-21-16(13-19)2-1-3-20(21)17-5-7-22-18(12-17)8-11-30-22/h1-7,12-13,15H,8-11,14H2. The van der Waals surface area contributed by atoms with Gasteiger partial charge in [-0.3, -0.25) is 4.79 Å². The van der Waals surface area contributed by atoms with Gasteiger partial charge in [-0.05, 0) is 51.7 Å². The highest BCUT2D eigenvalue weighted by molar-refractivity contribution is 6.02. The Balaban J connectivity index is 1.35. The van der Waals surface area contributed by atoms with Crippen molar-refractivity contribution in [3.8, 4) is 16.9 Å². The van der Waals surface area contributed by atoms with Crippen LogP contribution >= 0.6 is 0 Å². The van der Waals surface area contributed by atoms with Crippen molar-refractivity contribution in [2.45, 2.75) is 19.5 Å². The van der Waals surface area contributed by atoms with Crippen LogP contribution in [0.15, 0.2) is 60.9 Å². The maximum atomic E-state index is 13.1. The van der Waals surface area contributed by atoms with E-state index in [9.17, 15) is 4.79 Å². The molecule has 0 unspecified atom stereocenters. The number of hydrogen-bond acceptors (Lipinski definition) is 4. The quantitative estimate of drug-likeness (QED) is 0.519. The van der Waals surface area contributed by atoms with E-state index in [0.29, 0.717) is 18.7 Å². The minimum Gasteiger partial charge on any atom is -0.493 e. The lowest BCUT2D eigenvalue weighted by Crippen LogP contribution is -2.38. The fraction of sp³-hybridized carbons (Fsp3) is 0.208. The first-order valence-corrected chi connectivity index (χ1v) is 10.2. The van der Waals surface area contributed by atoms with E-state index in [0.717, 1.165) is 41.9 Å². The number of aromatic nitrogens is 3. The first-order valence-electron chi connectivity index (χ1n) is 10.2. The van der Waals surface area contributed by atoms with Crippen molar-refractivity contribution in [3.05, 3.63) is 77.9 Å². The number of carbonyl (C=O) groups excluding carboxylic acids is 1. The molecule has 0 fully saturated rings. The number of carbonyl (C=O) groups is 1. The van der Waals surface area contributed by atoms with Gasteiger partial charge in [-0.2, -0.15) is 0 Å².